The van der Waals surface area contributed by atoms with Gasteiger partial charge >= 0.3 is 0 Å². The number of hydrogen-bond donors (Lipinski definition) is 2. The van der Waals surface area contributed by atoms with Crippen molar-refractivity contribution in [3.8, 4) is 11.5 Å². The van der Waals surface area contributed by atoms with E-state index in [1.54, 1.807) is 17.0 Å². The number of H-pyrrole nitrogens is 1. The quantitative estimate of drug-likeness (QED) is 0.465. The Bertz CT molecular complexity index is 1250. The Morgan fingerprint density at radius 3 is 2.82 bits per heavy atom. The van der Waals surface area contributed by atoms with Crippen molar-refractivity contribution in [1.82, 2.24) is 20.3 Å². The Balaban J connectivity index is 1.70. The third kappa shape index (κ3) is 3.52. The highest BCUT2D eigenvalue weighted by Gasteiger charge is 2.43. The molecule has 2 amide bonds. The summed E-state index contributed by atoms with van der Waals surface area (Å²) in [5.74, 6) is 0.720. The van der Waals surface area contributed by atoms with Crippen LogP contribution >= 0.6 is 0 Å². The highest BCUT2D eigenvalue weighted by molar-refractivity contribution is 5.95. The summed E-state index contributed by atoms with van der Waals surface area (Å²) >= 11 is 0. The summed E-state index contributed by atoms with van der Waals surface area (Å²) in [5.41, 5.74) is 6.61. The first-order valence-corrected chi connectivity index (χ1v) is 11.0. The number of para-hydroxylation sites is 1. The van der Waals surface area contributed by atoms with Crippen molar-refractivity contribution in [2.75, 3.05) is 20.4 Å². The van der Waals surface area contributed by atoms with Crippen molar-refractivity contribution in [3.63, 3.8) is 0 Å². The van der Waals surface area contributed by atoms with E-state index in [0.717, 1.165) is 27.7 Å². The van der Waals surface area contributed by atoms with Crippen molar-refractivity contribution in [1.29, 1.82) is 0 Å². The summed E-state index contributed by atoms with van der Waals surface area (Å²) in [6.07, 6.45) is 1.65. The van der Waals surface area contributed by atoms with Crippen molar-refractivity contribution >= 4 is 22.7 Å². The zero-order chi connectivity index (χ0) is 23.1. The molecule has 0 spiro atoms. The molecule has 3 aromatic rings. The molecule has 2 aliphatic rings. The molecule has 0 fully saturated rings. The average Bonchev–Trinajstić information content (AvgIpc) is 3.45. The maximum absolute atomic E-state index is 13.4. The van der Waals surface area contributed by atoms with E-state index in [0.29, 0.717) is 24.5 Å². The lowest BCUT2D eigenvalue weighted by molar-refractivity contribution is -0.142. The normalized spacial score (nSPS) is 18.9. The zero-order valence-corrected chi connectivity index (χ0v) is 18.6. The smallest absolute Gasteiger partial charge is 0.257 e. The van der Waals surface area contributed by atoms with Gasteiger partial charge in [0, 0.05) is 36.6 Å². The molecule has 2 atom stereocenters. The number of ether oxygens (including phenoxy) is 2. The summed E-state index contributed by atoms with van der Waals surface area (Å²) in [7, 11) is 1.80. The molecule has 2 aliphatic heterocycles. The minimum absolute atomic E-state index is 0.158. The lowest BCUT2D eigenvalue weighted by Crippen LogP contribution is -2.56. The molecular formula is C25H26N4O4. The maximum atomic E-state index is 13.4. The molecular weight excluding hydrogens is 420 g/mol. The number of benzene rings is 2. The highest BCUT2D eigenvalue weighted by atomic mass is 16.7. The second-order valence-electron chi connectivity index (χ2n) is 8.24. The summed E-state index contributed by atoms with van der Waals surface area (Å²) in [6, 6.07) is 12.4. The number of hydrazine groups is 1. The number of nitrogens with one attached hydrogen (secondary N) is 2. The van der Waals surface area contributed by atoms with Gasteiger partial charge in [0.05, 0.1) is 6.04 Å². The lowest BCUT2D eigenvalue weighted by atomic mass is 9.87. The maximum Gasteiger partial charge on any atom is 0.257 e. The molecule has 3 heterocycles. The Hall–Kier alpha value is -3.78. The predicted molar refractivity (Wildman–Crippen MR) is 124 cm³/mol. The van der Waals surface area contributed by atoms with Crippen LogP contribution in [0.4, 0.5) is 0 Å². The molecule has 8 heteroatoms. The first-order chi connectivity index (χ1) is 16.0. The van der Waals surface area contributed by atoms with Crippen LogP contribution in [0.1, 0.15) is 29.8 Å². The van der Waals surface area contributed by atoms with E-state index in [-0.39, 0.29) is 18.6 Å². The number of amides is 2. The fraction of sp³-hybridized carbons (Fsp3) is 0.280. The van der Waals surface area contributed by atoms with Crippen molar-refractivity contribution in [2.45, 2.75) is 25.4 Å². The first-order valence-electron chi connectivity index (χ1n) is 11.0. The number of carbonyl (C=O) groups is 2. The van der Waals surface area contributed by atoms with Gasteiger partial charge in [0.25, 0.3) is 5.91 Å². The van der Waals surface area contributed by atoms with Crippen molar-refractivity contribution in [3.05, 3.63) is 71.9 Å². The predicted octanol–water partition coefficient (Wildman–Crippen LogP) is 2.91. The van der Waals surface area contributed by atoms with Crippen molar-refractivity contribution in [2.24, 2.45) is 0 Å². The average molecular weight is 447 g/mol. The van der Waals surface area contributed by atoms with E-state index >= 15 is 0 Å². The molecule has 2 aromatic carbocycles. The number of aromatic amines is 1. The van der Waals surface area contributed by atoms with E-state index in [1.165, 1.54) is 6.08 Å². The van der Waals surface area contributed by atoms with Gasteiger partial charge in [-0.3, -0.25) is 15.0 Å². The van der Waals surface area contributed by atoms with Gasteiger partial charge in [0.2, 0.25) is 12.7 Å². The van der Waals surface area contributed by atoms with Gasteiger partial charge in [-0.15, -0.1) is 0 Å². The molecule has 0 unspecified atom stereocenters. The topological polar surface area (TPSA) is 86.9 Å². The number of hydrogen-bond acceptors (Lipinski definition) is 5. The van der Waals surface area contributed by atoms with Gasteiger partial charge in [-0.1, -0.05) is 37.8 Å². The van der Waals surface area contributed by atoms with Crippen LogP contribution in [-0.4, -0.2) is 53.1 Å². The van der Waals surface area contributed by atoms with Crippen LogP contribution in [0, 0.1) is 0 Å². The third-order valence-electron chi connectivity index (χ3n) is 6.35. The molecule has 8 nitrogen and oxygen atoms in total. The van der Waals surface area contributed by atoms with E-state index in [9.17, 15) is 9.59 Å². The summed E-state index contributed by atoms with van der Waals surface area (Å²) in [6.45, 7) is 6.44. The number of nitrogens with zero attached hydrogens (tertiary/aromatic N) is 2. The van der Waals surface area contributed by atoms with Gasteiger partial charge in [-0.25, -0.2) is 5.01 Å². The molecule has 33 heavy (non-hydrogen) atoms. The van der Waals surface area contributed by atoms with Gasteiger partial charge in [-0.05, 0) is 35.4 Å². The number of aromatic nitrogens is 1. The Morgan fingerprint density at radius 2 is 2.03 bits per heavy atom. The largest absolute Gasteiger partial charge is 0.454 e. The summed E-state index contributed by atoms with van der Waals surface area (Å²) in [4.78, 5) is 31.7. The van der Waals surface area contributed by atoms with Crippen LogP contribution in [0.3, 0.4) is 0 Å². The monoisotopic (exact) mass is 446 g/mol. The molecule has 1 aromatic heterocycles. The molecule has 0 radical (unpaired) electrons. The van der Waals surface area contributed by atoms with Gasteiger partial charge in [-0.2, -0.15) is 0 Å². The van der Waals surface area contributed by atoms with Gasteiger partial charge in [0.1, 0.15) is 6.04 Å². The number of carbonyl (C=O) groups excluding carboxylic acids is 2. The fourth-order valence-corrected chi connectivity index (χ4v) is 4.64. The Labute approximate surface area is 191 Å². The van der Waals surface area contributed by atoms with E-state index in [4.69, 9.17) is 9.47 Å². The van der Waals surface area contributed by atoms with Crippen LogP contribution < -0.4 is 14.9 Å². The van der Waals surface area contributed by atoms with E-state index in [2.05, 4.69) is 17.0 Å². The number of fused-ring (bicyclic) bond motifs is 4. The Morgan fingerprint density at radius 1 is 1.24 bits per heavy atom. The van der Waals surface area contributed by atoms with Gasteiger partial charge < -0.3 is 19.4 Å². The van der Waals surface area contributed by atoms with E-state index < -0.39 is 12.1 Å². The van der Waals surface area contributed by atoms with Crippen LogP contribution in [0.25, 0.3) is 10.9 Å². The molecule has 0 bridgehead atoms. The lowest BCUT2D eigenvalue weighted by Gasteiger charge is -2.41. The van der Waals surface area contributed by atoms with Crippen LogP contribution in [0.15, 0.2) is 55.1 Å². The summed E-state index contributed by atoms with van der Waals surface area (Å²) in [5, 5.41) is 2.75. The van der Waals surface area contributed by atoms with Crippen LogP contribution in [0.2, 0.25) is 0 Å². The minimum atomic E-state index is -0.716. The highest BCUT2D eigenvalue weighted by Crippen LogP contribution is 2.43. The second-order valence-corrected chi connectivity index (χ2v) is 8.24. The molecule has 170 valence electrons. The SMILES string of the molecule is C=CC(=O)N1[C@@H](c2ccc3c(c2)OCO3)c2[nH]c3ccccc3c2C[C@H]1C(=O)NN(C)CC. The van der Waals surface area contributed by atoms with Crippen molar-refractivity contribution < 1.29 is 19.1 Å². The molecule has 2 N–H and O–H groups in total. The van der Waals surface area contributed by atoms with E-state index in [1.807, 2.05) is 49.4 Å². The zero-order valence-electron chi connectivity index (χ0n) is 18.6. The minimum Gasteiger partial charge on any atom is -0.454 e. The summed E-state index contributed by atoms with van der Waals surface area (Å²) < 4.78 is 11.1. The Kier molecular flexibility index (Phi) is 5.30. The van der Waals surface area contributed by atoms with Gasteiger partial charge in [0.15, 0.2) is 11.5 Å². The molecule has 0 saturated heterocycles. The molecule has 0 aliphatic carbocycles. The third-order valence-corrected chi connectivity index (χ3v) is 6.35. The second kappa shape index (κ2) is 8.29. The number of rotatable bonds is 5. The van der Waals surface area contributed by atoms with Crippen LogP contribution in [-0.2, 0) is 16.0 Å². The standard InChI is InChI=1S/C25H26N4O4/c1-4-22(30)29-19(25(31)27-28(3)5-2)13-17-16-8-6-7-9-18(16)26-23(17)24(29)15-10-11-20-21(12-15)33-14-32-20/h4,6-12,19,24,26H,1,5,13-14H2,2-3H3,(H,27,31)/t19-,24-/m0/s1. The fourth-order valence-electron chi connectivity index (χ4n) is 4.64. The first kappa shape index (κ1) is 21.1. The van der Waals surface area contributed by atoms with Crippen LogP contribution in [0.5, 0.6) is 11.5 Å². The molecule has 0 saturated carbocycles. The molecule has 5 rings (SSSR count).